The van der Waals surface area contributed by atoms with E-state index < -0.39 is 4.92 Å². The van der Waals surface area contributed by atoms with E-state index in [0.29, 0.717) is 5.82 Å². The molecule has 1 aromatic heterocycles. The highest BCUT2D eigenvalue weighted by Crippen LogP contribution is 2.25. The van der Waals surface area contributed by atoms with Crippen molar-refractivity contribution in [3.63, 3.8) is 0 Å². The van der Waals surface area contributed by atoms with Gasteiger partial charge in [0.25, 0.3) is 0 Å². The van der Waals surface area contributed by atoms with Crippen molar-refractivity contribution in [2.45, 2.75) is 31.8 Å². The molecule has 0 bridgehead atoms. The fourth-order valence-electron chi connectivity index (χ4n) is 2.38. The molecule has 1 aliphatic rings. The number of nitro groups is 1. The third-order valence-electron chi connectivity index (χ3n) is 3.37. The molecule has 0 saturated carbocycles. The monoisotopic (exact) mass is 261 g/mol. The van der Waals surface area contributed by atoms with Crippen LogP contribution in [0.4, 0.5) is 11.5 Å². The Morgan fingerprint density at radius 3 is 2.95 bits per heavy atom. The van der Waals surface area contributed by atoms with Crippen molar-refractivity contribution in [3.8, 4) is 6.07 Å². The van der Waals surface area contributed by atoms with Gasteiger partial charge in [-0.2, -0.15) is 5.26 Å². The fourth-order valence-corrected chi connectivity index (χ4v) is 2.38. The van der Waals surface area contributed by atoms with Crippen molar-refractivity contribution in [1.82, 2.24) is 4.98 Å². The maximum atomic E-state index is 10.8. The zero-order chi connectivity index (χ0) is 14.0. The van der Waals surface area contributed by atoms with Crippen LogP contribution in [0.2, 0.25) is 0 Å². The van der Waals surface area contributed by atoms with Gasteiger partial charge in [-0.3, -0.25) is 10.1 Å². The number of nitrogens with two attached hydrogens (primary N) is 1. The topological polar surface area (TPSA) is 109 Å². The Hall–Kier alpha value is -2.20. The van der Waals surface area contributed by atoms with Crippen LogP contribution in [0.5, 0.6) is 0 Å². The van der Waals surface area contributed by atoms with Gasteiger partial charge in [0, 0.05) is 24.7 Å². The fraction of sp³-hybridized carbons (Fsp3) is 0.500. The third-order valence-corrected chi connectivity index (χ3v) is 3.37. The lowest BCUT2D eigenvalue weighted by atomic mass is 9.99. The van der Waals surface area contributed by atoms with E-state index in [0.717, 1.165) is 19.4 Å². The molecule has 100 valence electrons. The lowest BCUT2D eigenvalue weighted by Gasteiger charge is -2.37. The lowest BCUT2D eigenvalue weighted by molar-refractivity contribution is -0.385. The van der Waals surface area contributed by atoms with Crippen LogP contribution in [0.25, 0.3) is 0 Å². The number of nitriles is 1. The molecule has 19 heavy (non-hydrogen) atoms. The predicted octanol–water partition coefficient (Wildman–Crippen LogP) is 1.18. The number of anilines is 1. The minimum Gasteiger partial charge on any atom is -0.354 e. The molecular weight excluding hydrogens is 246 g/mol. The molecule has 1 aliphatic heterocycles. The zero-order valence-corrected chi connectivity index (χ0v) is 10.6. The van der Waals surface area contributed by atoms with E-state index in [1.165, 1.54) is 6.07 Å². The lowest BCUT2D eigenvalue weighted by Crippen LogP contribution is -2.46. The van der Waals surface area contributed by atoms with Crippen molar-refractivity contribution in [3.05, 3.63) is 27.9 Å². The number of hydrogen-bond acceptors (Lipinski definition) is 6. The van der Waals surface area contributed by atoms with Crippen LogP contribution >= 0.6 is 0 Å². The summed E-state index contributed by atoms with van der Waals surface area (Å²) in [6, 6.07) is 5.09. The summed E-state index contributed by atoms with van der Waals surface area (Å²) in [5, 5.41) is 19.7. The third kappa shape index (κ3) is 2.63. The summed E-state index contributed by atoms with van der Waals surface area (Å²) < 4.78 is 0. The highest BCUT2D eigenvalue weighted by atomic mass is 16.6. The standard InChI is InChI=1S/C12H15N5O2/c1-8-6-9(14)4-5-16(8)12-3-2-11(17(18)19)10(7-13)15-12/h2-3,8-9H,4-6,14H2,1H3. The van der Waals surface area contributed by atoms with Gasteiger partial charge in [-0.15, -0.1) is 0 Å². The first-order chi connectivity index (χ1) is 9.02. The van der Waals surface area contributed by atoms with Crippen LogP contribution < -0.4 is 10.6 Å². The molecule has 2 heterocycles. The van der Waals surface area contributed by atoms with Gasteiger partial charge in [0.2, 0.25) is 5.69 Å². The Morgan fingerprint density at radius 2 is 2.37 bits per heavy atom. The van der Waals surface area contributed by atoms with Crippen molar-refractivity contribution in [1.29, 1.82) is 5.26 Å². The maximum absolute atomic E-state index is 10.8. The van der Waals surface area contributed by atoms with E-state index in [4.69, 9.17) is 11.0 Å². The summed E-state index contributed by atoms with van der Waals surface area (Å²) in [6.45, 7) is 2.78. The van der Waals surface area contributed by atoms with E-state index in [9.17, 15) is 10.1 Å². The van der Waals surface area contributed by atoms with Crippen LogP contribution in [0.1, 0.15) is 25.5 Å². The van der Waals surface area contributed by atoms with Gasteiger partial charge in [-0.1, -0.05) is 0 Å². The molecule has 1 aromatic rings. The summed E-state index contributed by atoms with van der Waals surface area (Å²) in [4.78, 5) is 16.3. The largest absolute Gasteiger partial charge is 0.354 e. The molecular formula is C12H15N5O2. The van der Waals surface area contributed by atoms with Crippen LogP contribution in [0, 0.1) is 21.4 Å². The van der Waals surface area contributed by atoms with Gasteiger partial charge in [0.15, 0.2) is 0 Å². The van der Waals surface area contributed by atoms with E-state index in [1.807, 2.05) is 11.8 Å². The highest BCUT2D eigenvalue weighted by molar-refractivity contribution is 5.52. The Morgan fingerprint density at radius 1 is 1.63 bits per heavy atom. The van der Waals surface area contributed by atoms with Gasteiger partial charge < -0.3 is 10.6 Å². The number of piperidine rings is 1. The Bertz CT molecular complexity index is 539. The molecule has 2 N–H and O–H groups in total. The highest BCUT2D eigenvalue weighted by Gasteiger charge is 2.26. The molecule has 7 heteroatoms. The number of pyridine rings is 1. The normalized spacial score (nSPS) is 22.9. The SMILES string of the molecule is CC1CC(N)CCN1c1ccc([N+](=O)[O-])c(C#N)n1. The van der Waals surface area contributed by atoms with Crippen molar-refractivity contribution in [2.24, 2.45) is 5.73 Å². The molecule has 0 aliphatic carbocycles. The van der Waals surface area contributed by atoms with Gasteiger partial charge in [0.05, 0.1) is 4.92 Å². The Kier molecular flexibility index (Phi) is 3.62. The van der Waals surface area contributed by atoms with Crippen LogP contribution in [-0.4, -0.2) is 28.5 Å². The summed E-state index contributed by atoms with van der Waals surface area (Å²) in [5.41, 5.74) is 5.49. The molecule has 0 aromatic carbocycles. The first-order valence-electron chi connectivity index (χ1n) is 6.10. The van der Waals surface area contributed by atoms with Crippen molar-refractivity contribution >= 4 is 11.5 Å². The Labute approximate surface area is 110 Å². The Balaban J connectivity index is 2.31. The average molecular weight is 261 g/mol. The minimum atomic E-state index is -0.592. The quantitative estimate of drug-likeness (QED) is 0.632. The first kappa shape index (κ1) is 13.2. The number of rotatable bonds is 2. The first-order valence-corrected chi connectivity index (χ1v) is 6.10. The van der Waals surface area contributed by atoms with Crippen LogP contribution in [-0.2, 0) is 0 Å². The molecule has 0 radical (unpaired) electrons. The summed E-state index contributed by atoms with van der Waals surface area (Å²) >= 11 is 0. The number of aromatic nitrogens is 1. The van der Waals surface area contributed by atoms with E-state index in [-0.39, 0.29) is 23.5 Å². The summed E-state index contributed by atoms with van der Waals surface area (Å²) in [7, 11) is 0. The minimum absolute atomic E-state index is 0.149. The predicted molar refractivity (Wildman–Crippen MR) is 69.6 cm³/mol. The smallest absolute Gasteiger partial charge is 0.305 e. The van der Waals surface area contributed by atoms with Crippen molar-refractivity contribution in [2.75, 3.05) is 11.4 Å². The van der Waals surface area contributed by atoms with E-state index in [1.54, 1.807) is 12.1 Å². The van der Waals surface area contributed by atoms with E-state index in [2.05, 4.69) is 4.98 Å². The molecule has 0 spiro atoms. The number of nitrogens with zero attached hydrogens (tertiary/aromatic N) is 4. The summed E-state index contributed by atoms with van der Waals surface area (Å²) in [5.74, 6) is 0.599. The van der Waals surface area contributed by atoms with Gasteiger partial charge in [0.1, 0.15) is 11.9 Å². The molecule has 0 amide bonds. The van der Waals surface area contributed by atoms with E-state index >= 15 is 0 Å². The average Bonchev–Trinajstić information content (AvgIpc) is 2.37. The number of hydrogen-bond donors (Lipinski definition) is 1. The second-order valence-electron chi connectivity index (χ2n) is 4.73. The molecule has 2 atom stereocenters. The van der Waals surface area contributed by atoms with Crippen molar-refractivity contribution < 1.29 is 4.92 Å². The zero-order valence-electron chi connectivity index (χ0n) is 10.6. The van der Waals surface area contributed by atoms with Crippen LogP contribution in [0.3, 0.4) is 0 Å². The van der Waals surface area contributed by atoms with Gasteiger partial charge >= 0.3 is 5.69 Å². The van der Waals surface area contributed by atoms with Gasteiger partial charge in [-0.05, 0) is 25.8 Å². The molecule has 1 saturated heterocycles. The van der Waals surface area contributed by atoms with Gasteiger partial charge in [-0.25, -0.2) is 4.98 Å². The molecule has 2 rings (SSSR count). The molecule has 7 nitrogen and oxygen atoms in total. The van der Waals surface area contributed by atoms with Crippen LogP contribution in [0.15, 0.2) is 12.1 Å². The second-order valence-corrected chi connectivity index (χ2v) is 4.73. The maximum Gasteiger partial charge on any atom is 0.305 e. The molecule has 1 fully saturated rings. The molecule has 2 unspecified atom stereocenters. The summed E-state index contributed by atoms with van der Waals surface area (Å²) in [6.07, 6.45) is 1.70. The second kappa shape index (κ2) is 5.20.